The van der Waals surface area contributed by atoms with Crippen LogP contribution in [0.15, 0.2) is 54.6 Å². The molecular weight excluding hydrogens is 382 g/mol. The van der Waals surface area contributed by atoms with Crippen LogP contribution in [-0.4, -0.2) is 30.2 Å². The van der Waals surface area contributed by atoms with E-state index in [1.165, 1.54) is 17.0 Å². The topological polar surface area (TPSA) is 80.8 Å². The monoisotopic (exact) mass is 405 g/mol. The Morgan fingerprint density at radius 2 is 1.57 bits per heavy atom. The molecule has 2 aliphatic rings. The van der Waals surface area contributed by atoms with Crippen LogP contribution in [0.1, 0.15) is 46.9 Å². The first-order chi connectivity index (χ1) is 14.5. The molecule has 1 aliphatic heterocycles. The quantitative estimate of drug-likeness (QED) is 0.431. The second kappa shape index (κ2) is 8.22. The number of carbonyl (C=O) groups is 4. The highest BCUT2D eigenvalue weighted by Crippen LogP contribution is 2.42. The van der Waals surface area contributed by atoms with Crippen LogP contribution in [-0.2, 0) is 14.3 Å². The standard InChI is InChI=1S/C24H23NO5/c1-15-7-12-19-20(13-15)23(28)25(22(19)27)18-10-8-17(9-11-18)24(29)30-14-21(26)16-5-3-2-4-6-16/h2-6,8-11,15,19-20H,7,12-14H2,1H3/t15-,19+,20-/m1/s1. The summed E-state index contributed by atoms with van der Waals surface area (Å²) >= 11 is 0. The largest absolute Gasteiger partial charge is 0.454 e. The van der Waals surface area contributed by atoms with Gasteiger partial charge in [-0.15, -0.1) is 0 Å². The van der Waals surface area contributed by atoms with Gasteiger partial charge in [-0.1, -0.05) is 37.3 Å². The van der Waals surface area contributed by atoms with Gasteiger partial charge in [0.2, 0.25) is 11.8 Å². The third kappa shape index (κ3) is 3.77. The van der Waals surface area contributed by atoms with E-state index in [1.807, 2.05) is 0 Å². The molecule has 2 aromatic carbocycles. The van der Waals surface area contributed by atoms with Gasteiger partial charge in [0.25, 0.3) is 0 Å². The molecule has 2 aromatic rings. The van der Waals surface area contributed by atoms with Crippen molar-refractivity contribution < 1.29 is 23.9 Å². The van der Waals surface area contributed by atoms with E-state index in [0.29, 0.717) is 17.2 Å². The van der Waals surface area contributed by atoms with Gasteiger partial charge in [-0.3, -0.25) is 19.3 Å². The number of carbonyl (C=O) groups excluding carboxylic acids is 4. The molecule has 0 aromatic heterocycles. The van der Waals surface area contributed by atoms with Crippen molar-refractivity contribution in [1.29, 1.82) is 0 Å². The van der Waals surface area contributed by atoms with Crippen LogP contribution in [0.4, 0.5) is 5.69 Å². The van der Waals surface area contributed by atoms with Crippen LogP contribution in [0.3, 0.4) is 0 Å². The van der Waals surface area contributed by atoms with E-state index in [0.717, 1.165) is 19.3 Å². The number of hydrogen-bond acceptors (Lipinski definition) is 5. The van der Waals surface area contributed by atoms with Crippen molar-refractivity contribution in [2.24, 2.45) is 17.8 Å². The number of amides is 2. The van der Waals surface area contributed by atoms with Crippen molar-refractivity contribution in [1.82, 2.24) is 0 Å². The zero-order valence-electron chi connectivity index (χ0n) is 16.7. The number of Topliss-reactive ketones (excluding diaryl/α,β-unsaturated/α-hetero) is 1. The van der Waals surface area contributed by atoms with Crippen molar-refractivity contribution in [2.45, 2.75) is 26.2 Å². The lowest BCUT2D eigenvalue weighted by Crippen LogP contribution is -2.30. The number of hydrogen-bond donors (Lipinski definition) is 0. The third-order valence-corrected chi connectivity index (χ3v) is 5.98. The minimum absolute atomic E-state index is 0.152. The third-order valence-electron chi connectivity index (χ3n) is 5.98. The average Bonchev–Trinajstić information content (AvgIpc) is 3.02. The van der Waals surface area contributed by atoms with Gasteiger partial charge in [0.15, 0.2) is 12.4 Å². The maximum absolute atomic E-state index is 12.8. The molecule has 2 amide bonds. The number of anilines is 1. The molecule has 3 atom stereocenters. The molecule has 1 aliphatic carbocycles. The number of benzene rings is 2. The Hall–Kier alpha value is -3.28. The molecule has 4 rings (SSSR count). The number of esters is 1. The Bertz CT molecular complexity index is 982. The summed E-state index contributed by atoms with van der Waals surface area (Å²) in [6.45, 7) is 1.76. The molecule has 1 heterocycles. The Morgan fingerprint density at radius 3 is 2.27 bits per heavy atom. The average molecular weight is 405 g/mol. The predicted octanol–water partition coefficient (Wildman–Crippen LogP) is 3.65. The van der Waals surface area contributed by atoms with Gasteiger partial charge in [-0.05, 0) is 49.4 Å². The lowest BCUT2D eigenvalue weighted by Gasteiger charge is -2.25. The fourth-order valence-electron chi connectivity index (χ4n) is 4.31. The van der Waals surface area contributed by atoms with Crippen LogP contribution in [0.2, 0.25) is 0 Å². The zero-order valence-corrected chi connectivity index (χ0v) is 16.7. The number of ether oxygens (including phenoxy) is 1. The fraction of sp³-hybridized carbons (Fsp3) is 0.333. The zero-order chi connectivity index (χ0) is 21.3. The Morgan fingerprint density at radius 1 is 0.900 bits per heavy atom. The number of imide groups is 1. The lowest BCUT2D eigenvalue weighted by atomic mass is 9.76. The van der Waals surface area contributed by atoms with Crippen LogP contribution >= 0.6 is 0 Å². The second-order valence-electron chi connectivity index (χ2n) is 8.06. The van der Waals surface area contributed by atoms with Crippen LogP contribution in [0.5, 0.6) is 0 Å². The van der Waals surface area contributed by atoms with Crippen LogP contribution < -0.4 is 4.90 Å². The van der Waals surface area contributed by atoms with Gasteiger partial charge in [-0.2, -0.15) is 0 Å². The summed E-state index contributed by atoms with van der Waals surface area (Å²) in [6, 6.07) is 14.8. The molecular formula is C24H23NO5. The molecule has 0 bridgehead atoms. The molecule has 1 saturated carbocycles. The molecule has 0 N–H and O–H groups in total. The Balaban J connectivity index is 1.41. The van der Waals surface area contributed by atoms with Gasteiger partial charge in [0.1, 0.15) is 0 Å². The van der Waals surface area contributed by atoms with Gasteiger partial charge in [0.05, 0.1) is 23.1 Å². The van der Waals surface area contributed by atoms with Gasteiger partial charge in [0, 0.05) is 5.56 Å². The van der Waals surface area contributed by atoms with Gasteiger partial charge in [-0.25, -0.2) is 4.79 Å². The molecule has 1 saturated heterocycles. The minimum Gasteiger partial charge on any atom is -0.454 e. The van der Waals surface area contributed by atoms with Gasteiger partial charge >= 0.3 is 5.97 Å². The van der Waals surface area contributed by atoms with E-state index in [1.54, 1.807) is 42.5 Å². The molecule has 2 fully saturated rings. The van der Waals surface area contributed by atoms with E-state index in [4.69, 9.17) is 4.74 Å². The molecule has 0 spiro atoms. The smallest absolute Gasteiger partial charge is 0.338 e. The highest BCUT2D eigenvalue weighted by Gasteiger charge is 2.49. The normalized spacial score (nSPS) is 23.2. The summed E-state index contributed by atoms with van der Waals surface area (Å²) in [5.41, 5.74) is 1.19. The minimum atomic E-state index is -0.632. The van der Waals surface area contributed by atoms with Crippen LogP contribution in [0, 0.1) is 17.8 Å². The number of ketones is 1. The van der Waals surface area contributed by atoms with E-state index < -0.39 is 5.97 Å². The molecule has 6 nitrogen and oxygen atoms in total. The summed E-state index contributed by atoms with van der Waals surface area (Å²) in [7, 11) is 0. The van der Waals surface area contributed by atoms with E-state index in [9.17, 15) is 19.2 Å². The molecule has 0 radical (unpaired) electrons. The lowest BCUT2D eigenvalue weighted by molar-refractivity contribution is -0.122. The summed E-state index contributed by atoms with van der Waals surface area (Å²) in [5, 5.41) is 0. The maximum atomic E-state index is 12.8. The molecule has 6 heteroatoms. The predicted molar refractivity (Wildman–Crippen MR) is 110 cm³/mol. The number of rotatable bonds is 5. The summed E-state index contributed by atoms with van der Waals surface area (Å²) < 4.78 is 5.10. The summed E-state index contributed by atoms with van der Waals surface area (Å²) in [6.07, 6.45) is 2.44. The Kier molecular flexibility index (Phi) is 5.48. The van der Waals surface area contributed by atoms with Gasteiger partial charge < -0.3 is 4.74 Å². The van der Waals surface area contributed by atoms with E-state index >= 15 is 0 Å². The highest BCUT2D eigenvalue weighted by atomic mass is 16.5. The van der Waals surface area contributed by atoms with Crippen molar-refractivity contribution in [3.63, 3.8) is 0 Å². The number of nitrogens with zero attached hydrogens (tertiary/aromatic N) is 1. The van der Waals surface area contributed by atoms with Crippen molar-refractivity contribution in [2.75, 3.05) is 11.5 Å². The molecule has 154 valence electrons. The summed E-state index contributed by atoms with van der Waals surface area (Å²) in [5.74, 6) is -1.25. The molecule has 0 unspecified atom stereocenters. The Labute approximate surface area is 174 Å². The van der Waals surface area contributed by atoms with Crippen molar-refractivity contribution in [3.05, 3.63) is 65.7 Å². The highest BCUT2D eigenvalue weighted by molar-refractivity contribution is 6.22. The first kappa shape index (κ1) is 20.0. The first-order valence-corrected chi connectivity index (χ1v) is 10.2. The summed E-state index contributed by atoms with van der Waals surface area (Å²) in [4.78, 5) is 51.1. The van der Waals surface area contributed by atoms with Crippen molar-refractivity contribution in [3.8, 4) is 0 Å². The second-order valence-corrected chi connectivity index (χ2v) is 8.06. The van der Waals surface area contributed by atoms with Crippen LogP contribution in [0.25, 0.3) is 0 Å². The number of fused-ring (bicyclic) bond motifs is 1. The van der Waals surface area contributed by atoms with Crippen molar-refractivity contribution >= 4 is 29.3 Å². The maximum Gasteiger partial charge on any atom is 0.338 e. The SMILES string of the molecule is C[C@@H]1CC[C@@H]2C(=O)N(c3ccc(C(=O)OCC(=O)c4ccccc4)cc3)C(=O)[C@@H]2C1. The van der Waals surface area contributed by atoms with E-state index in [2.05, 4.69) is 6.92 Å². The fourth-order valence-corrected chi connectivity index (χ4v) is 4.31. The van der Waals surface area contributed by atoms with E-state index in [-0.39, 0.29) is 41.6 Å². The molecule has 30 heavy (non-hydrogen) atoms. The first-order valence-electron chi connectivity index (χ1n) is 10.2.